The summed E-state index contributed by atoms with van der Waals surface area (Å²) in [6, 6.07) is 14.0. The summed E-state index contributed by atoms with van der Waals surface area (Å²) >= 11 is 1.68. The molecule has 0 aliphatic rings. The molecular formula is C21H26IN5OS. The molecular weight excluding hydrogens is 497 g/mol. The Morgan fingerprint density at radius 1 is 1.10 bits per heavy atom. The standard InChI is InChI=1S/C21H25N5OS.HI/c1-3-22-21(26-14-19-24-12-16(2)28-19)25-13-18-10-7-11-23-20(18)27-15-17-8-5-4-6-9-17;/h4-12H,3,13-15H2,1-2H3,(H2,22,25,26);1H. The van der Waals surface area contributed by atoms with E-state index in [-0.39, 0.29) is 24.0 Å². The van der Waals surface area contributed by atoms with E-state index in [1.165, 1.54) is 4.88 Å². The van der Waals surface area contributed by atoms with Crippen molar-refractivity contribution < 1.29 is 4.74 Å². The minimum atomic E-state index is 0. The lowest BCUT2D eigenvalue weighted by molar-refractivity contribution is 0.290. The minimum Gasteiger partial charge on any atom is -0.473 e. The number of aromatic nitrogens is 2. The molecule has 2 aromatic heterocycles. The molecule has 0 atom stereocenters. The highest BCUT2D eigenvalue weighted by Gasteiger charge is 2.06. The Kier molecular flexibility index (Phi) is 9.85. The van der Waals surface area contributed by atoms with Gasteiger partial charge in [0, 0.05) is 29.4 Å². The largest absolute Gasteiger partial charge is 0.473 e. The van der Waals surface area contributed by atoms with E-state index in [1.54, 1.807) is 17.5 Å². The lowest BCUT2D eigenvalue weighted by atomic mass is 10.2. The van der Waals surface area contributed by atoms with E-state index in [0.717, 1.165) is 28.6 Å². The zero-order chi connectivity index (χ0) is 19.6. The van der Waals surface area contributed by atoms with Crippen molar-refractivity contribution in [1.29, 1.82) is 0 Å². The summed E-state index contributed by atoms with van der Waals surface area (Å²) in [4.78, 5) is 14.6. The van der Waals surface area contributed by atoms with Gasteiger partial charge in [0.2, 0.25) is 5.88 Å². The number of pyridine rings is 1. The first kappa shape index (κ1) is 23.1. The van der Waals surface area contributed by atoms with E-state index in [9.17, 15) is 0 Å². The second-order valence-electron chi connectivity index (χ2n) is 6.16. The Hall–Kier alpha value is -2.20. The molecule has 0 saturated heterocycles. The first-order valence-corrected chi connectivity index (χ1v) is 10.1. The molecule has 3 rings (SSSR count). The van der Waals surface area contributed by atoms with Crippen molar-refractivity contribution in [2.75, 3.05) is 6.54 Å². The number of aryl methyl sites for hydroxylation is 1. The van der Waals surface area contributed by atoms with E-state index in [0.29, 0.717) is 25.6 Å². The van der Waals surface area contributed by atoms with Crippen LogP contribution in [0.5, 0.6) is 5.88 Å². The van der Waals surface area contributed by atoms with E-state index >= 15 is 0 Å². The zero-order valence-electron chi connectivity index (χ0n) is 16.6. The fraction of sp³-hybridized carbons (Fsp3) is 0.286. The fourth-order valence-electron chi connectivity index (χ4n) is 2.55. The summed E-state index contributed by atoms with van der Waals surface area (Å²) in [5, 5.41) is 7.62. The molecule has 0 spiro atoms. The third kappa shape index (κ3) is 7.62. The summed E-state index contributed by atoms with van der Waals surface area (Å²) in [5.41, 5.74) is 2.05. The number of hydrogen-bond acceptors (Lipinski definition) is 5. The Bertz CT molecular complexity index is 901. The van der Waals surface area contributed by atoms with Crippen LogP contribution in [-0.2, 0) is 19.7 Å². The molecule has 8 heteroatoms. The van der Waals surface area contributed by atoms with Gasteiger partial charge in [-0.15, -0.1) is 35.3 Å². The first-order valence-electron chi connectivity index (χ1n) is 9.28. The van der Waals surface area contributed by atoms with Crippen LogP contribution in [-0.4, -0.2) is 22.5 Å². The van der Waals surface area contributed by atoms with Crippen LogP contribution in [0.3, 0.4) is 0 Å². The van der Waals surface area contributed by atoms with Gasteiger partial charge in [0.1, 0.15) is 11.6 Å². The van der Waals surface area contributed by atoms with Crippen molar-refractivity contribution in [1.82, 2.24) is 20.6 Å². The molecule has 3 aromatic rings. The predicted molar refractivity (Wildman–Crippen MR) is 129 cm³/mol. The highest BCUT2D eigenvalue weighted by atomic mass is 127. The highest BCUT2D eigenvalue weighted by Crippen LogP contribution is 2.17. The Balaban J connectivity index is 0.00000300. The zero-order valence-corrected chi connectivity index (χ0v) is 19.7. The lowest BCUT2D eigenvalue weighted by Crippen LogP contribution is -2.36. The molecule has 0 radical (unpaired) electrons. The first-order chi connectivity index (χ1) is 13.7. The highest BCUT2D eigenvalue weighted by molar-refractivity contribution is 14.0. The third-order valence-corrected chi connectivity index (χ3v) is 4.81. The van der Waals surface area contributed by atoms with Gasteiger partial charge in [0.25, 0.3) is 0 Å². The summed E-state index contributed by atoms with van der Waals surface area (Å²) in [6.45, 7) is 6.49. The molecule has 0 unspecified atom stereocenters. The van der Waals surface area contributed by atoms with Crippen molar-refractivity contribution in [3.8, 4) is 5.88 Å². The van der Waals surface area contributed by atoms with Crippen LogP contribution in [0.15, 0.2) is 59.9 Å². The Labute approximate surface area is 192 Å². The van der Waals surface area contributed by atoms with Gasteiger partial charge in [-0.1, -0.05) is 36.4 Å². The predicted octanol–water partition coefficient (Wildman–Crippen LogP) is 4.30. The topological polar surface area (TPSA) is 71.4 Å². The number of hydrogen-bond donors (Lipinski definition) is 2. The number of thiazole rings is 1. The Morgan fingerprint density at radius 2 is 1.93 bits per heavy atom. The van der Waals surface area contributed by atoms with Crippen LogP contribution in [0.2, 0.25) is 0 Å². The number of aliphatic imine (C=N–C) groups is 1. The molecule has 0 bridgehead atoms. The number of rotatable bonds is 8. The molecule has 0 fully saturated rings. The van der Waals surface area contributed by atoms with Gasteiger partial charge in [-0.25, -0.2) is 15.0 Å². The quantitative estimate of drug-likeness (QED) is 0.262. The molecule has 0 aliphatic carbocycles. The van der Waals surface area contributed by atoms with Crippen molar-refractivity contribution in [3.63, 3.8) is 0 Å². The van der Waals surface area contributed by atoms with E-state index in [2.05, 4.69) is 32.5 Å². The molecule has 0 saturated carbocycles. The molecule has 1 aromatic carbocycles. The van der Waals surface area contributed by atoms with E-state index in [4.69, 9.17) is 4.74 Å². The normalized spacial score (nSPS) is 10.9. The molecule has 2 heterocycles. The van der Waals surface area contributed by atoms with Crippen molar-refractivity contribution in [2.24, 2.45) is 4.99 Å². The van der Waals surface area contributed by atoms with Gasteiger partial charge < -0.3 is 15.4 Å². The van der Waals surface area contributed by atoms with Crippen molar-refractivity contribution in [2.45, 2.75) is 33.5 Å². The van der Waals surface area contributed by atoms with Gasteiger partial charge in [0.15, 0.2) is 5.96 Å². The molecule has 0 aliphatic heterocycles. The smallest absolute Gasteiger partial charge is 0.218 e. The fourth-order valence-corrected chi connectivity index (χ4v) is 3.28. The second kappa shape index (κ2) is 12.4. The summed E-state index contributed by atoms with van der Waals surface area (Å²) in [5.74, 6) is 1.36. The van der Waals surface area contributed by atoms with Crippen LogP contribution in [0.1, 0.15) is 27.9 Å². The second-order valence-corrected chi connectivity index (χ2v) is 7.47. The maximum absolute atomic E-state index is 5.92. The number of halogens is 1. The maximum Gasteiger partial charge on any atom is 0.218 e. The molecule has 154 valence electrons. The van der Waals surface area contributed by atoms with Gasteiger partial charge in [-0.3, -0.25) is 0 Å². The molecule has 0 amide bonds. The van der Waals surface area contributed by atoms with Gasteiger partial charge >= 0.3 is 0 Å². The van der Waals surface area contributed by atoms with Crippen LogP contribution < -0.4 is 15.4 Å². The number of guanidine groups is 1. The number of ether oxygens (including phenoxy) is 1. The third-order valence-electron chi connectivity index (χ3n) is 3.90. The maximum atomic E-state index is 5.92. The average Bonchev–Trinajstić information content (AvgIpc) is 3.15. The van der Waals surface area contributed by atoms with Gasteiger partial charge in [-0.2, -0.15) is 0 Å². The monoisotopic (exact) mass is 523 g/mol. The van der Waals surface area contributed by atoms with Crippen LogP contribution in [0, 0.1) is 6.92 Å². The van der Waals surface area contributed by atoms with Gasteiger partial charge in [-0.05, 0) is 25.5 Å². The number of nitrogens with one attached hydrogen (secondary N) is 2. The summed E-state index contributed by atoms with van der Waals surface area (Å²) in [7, 11) is 0. The average molecular weight is 523 g/mol. The van der Waals surface area contributed by atoms with Gasteiger partial charge in [0.05, 0.1) is 13.1 Å². The number of nitrogens with zero attached hydrogens (tertiary/aromatic N) is 3. The Morgan fingerprint density at radius 3 is 2.66 bits per heavy atom. The van der Waals surface area contributed by atoms with Crippen LogP contribution in [0.4, 0.5) is 0 Å². The molecule has 2 N–H and O–H groups in total. The van der Waals surface area contributed by atoms with Crippen LogP contribution >= 0.6 is 35.3 Å². The van der Waals surface area contributed by atoms with Crippen molar-refractivity contribution >= 4 is 41.3 Å². The van der Waals surface area contributed by atoms with E-state index < -0.39 is 0 Å². The lowest BCUT2D eigenvalue weighted by Gasteiger charge is -2.12. The van der Waals surface area contributed by atoms with Crippen molar-refractivity contribution in [3.05, 3.63) is 75.9 Å². The molecule has 29 heavy (non-hydrogen) atoms. The molecule has 6 nitrogen and oxygen atoms in total. The summed E-state index contributed by atoms with van der Waals surface area (Å²) in [6.07, 6.45) is 3.62. The van der Waals surface area contributed by atoms with E-state index in [1.807, 2.05) is 55.6 Å². The SMILES string of the molecule is CCNC(=NCc1cccnc1OCc1ccccc1)NCc1ncc(C)s1.I. The minimum absolute atomic E-state index is 0. The summed E-state index contributed by atoms with van der Waals surface area (Å²) < 4.78 is 5.92. The number of benzene rings is 1. The van der Waals surface area contributed by atoms with Crippen LogP contribution in [0.25, 0.3) is 0 Å².